The Balaban J connectivity index is 1.68. The molecule has 0 spiro atoms. The lowest BCUT2D eigenvalue weighted by molar-refractivity contribution is -0.125. The first kappa shape index (κ1) is 21.7. The maximum Gasteiger partial charge on any atom is 0.241 e. The number of hydrogen-bond acceptors (Lipinski definition) is 3. The predicted octanol–water partition coefficient (Wildman–Crippen LogP) is 4.90. The number of aromatic hydroxyl groups is 1. The van der Waals surface area contributed by atoms with E-state index in [4.69, 9.17) is 0 Å². The molecule has 30 heavy (non-hydrogen) atoms. The molecule has 1 aromatic heterocycles. The van der Waals surface area contributed by atoms with Crippen LogP contribution in [-0.2, 0) is 11.3 Å². The third kappa shape index (κ3) is 5.51. The van der Waals surface area contributed by atoms with Crippen molar-refractivity contribution in [3.05, 3.63) is 72.1 Å². The van der Waals surface area contributed by atoms with Gasteiger partial charge in [0.15, 0.2) is 0 Å². The van der Waals surface area contributed by atoms with Crippen LogP contribution in [0.15, 0.2) is 60.9 Å². The van der Waals surface area contributed by atoms with Crippen LogP contribution in [0.5, 0.6) is 5.75 Å². The van der Waals surface area contributed by atoms with Gasteiger partial charge < -0.3 is 15.4 Å². The molecule has 0 aliphatic rings. The highest BCUT2D eigenvalue weighted by Gasteiger charge is 2.24. The molecule has 0 aliphatic heterocycles. The van der Waals surface area contributed by atoms with E-state index in [1.807, 2.05) is 49.7 Å². The third-order valence-electron chi connectivity index (χ3n) is 5.64. The number of H-pyrrole nitrogens is 1. The molecule has 3 N–H and O–H groups in total. The van der Waals surface area contributed by atoms with E-state index in [1.165, 1.54) is 0 Å². The molecule has 3 rings (SSSR count). The summed E-state index contributed by atoms with van der Waals surface area (Å²) >= 11 is 0. The van der Waals surface area contributed by atoms with Crippen molar-refractivity contribution in [3.63, 3.8) is 0 Å². The highest BCUT2D eigenvalue weighted by atomic mass is 16.3. The van der Waals surface area contributed by atoms with Crippen LogP contribution in [0, 0.1) is 5.92 Å². The van der Waals surface area contributed by atoms with Gasteiger partial charge in [-0.25, -0.2) is 0 Å². The number of carbonyl (C=O) groups excluding carboxylic acids is 1. The summed E-state index contributed by atoms with van der Waals surface area (Å²) in [6.07, 6.45) is 7.42. The van der Waals surface area contributed by atoms with Crippen molar-refractivity contribution in [2.75, 3.05) is 7.05 Å². The molecule has 2 unspecified atom stereocenters. The number of nitrogens with zero attached hydrogens (tertiary/aromatic N) is 1. The van der Waals surface area contributed by atoms with Gasteiger partial charge in [-0.2, -0.15) is 0 Å². The van der Waals surface area contributed by atoms with E-state index in [1.54, 1.807) is 18.3 Å². The molecule has 0 bridgehead atoms. The molecule has 0 fully saturated rings. The molecule has 5 heteroatoms. The first-order valence-corrected chi connectivity index (χ1v) is 10.5. The monoisotopic (exact) mass is 405 g/mol. The average Bonchev–Trinajstić information content (AvgIpc) is 3.16. The number of phenols is 1. The maximum atomic E-state index is 13.0. The van der Waals surface area contributed by atoms with Crippen molar-refractivity contribution in [1.29, 1.82) is 0 Å². The lowest BCUT2D eigenvalue weighted by atomic mass is 9.97. The normalized spacial score (nSPS) is 13.7. The largest absolute Gasteiger partial charge is 0.508 e. The van der Waals surface area contributed by atoms with Gasteiger partial charge in [0.05, 0.1) is 6.04 Å². The summed E-state index contributed by atoms with van der Waals surface area (Å²) in [5.74, 6) is 0.686. The number of para-hydroxylation sites is 1. The number of benzene rings is 2. The lowest BCUT2D eigenvalue weighted by Crippen LogP contribution is -2.44. The Morgan fingerprint density at radius 2 is 1.93 bits per heavy atom. The number of carbonyl (C=O) groups is 1. The number of hydrogen-bond donors (Lipinski definition) is 3. The minimum atomic E-state index is -0.235. The van der Waals surface area contributed by atoms with Crippen molar-refractivity contribution in [2.45, 2.75) is 39.3 Å². The zero-order valence-corrected chi connectivity index (χ0v) is 17.9. The minimum absolute atomic E-state index is 0.00679. The Hall–Kier alpha value is -3.05. The number of aromatic nitrogens is 1. The van der Waals surface area contributed by atoms with Crippen LogP contribution in [0.3, 0.4) is 0 Å². The van der Waals surface area contributed by atoms with Crippen molar-refractivity contribution in [3.8, 4) is 5.75 Å². The highest BCUT2D eigenvalue weighted by Crippen LogP contribution is 2.20. The number of rotatable bonds is 9. The number of aromatic amines is 1. The van der Waals surface area contributed by atoms with Crippen LogP contribution in [0.4, 0.5) is 0 Å². The number of amides is 1. The van der Waals surface area contributed by atoms with Crippen molar-refractivity contribution in [1.82, 2.24) is 15.2 Å². The molecule has 0 saturated heterocycles. The SMILES string of the molecule is CCC(C)CC(C(=O)NC=Cc1c[nH]c2ccccc12)N(C)Cc1ccc(O)cc1. The first-order valence-electron chi connectivity index (χ1n) is 10.5. The Bertz CT molecular complexity index is 991. The summed E-state index contributed by atoms with van der Waals surface area (Å²) in [7, 11) is 1.98. The summed E-state index contributed by atoms with van der Waals surface area (Å²) in [5.41, 5.74) is 3.18. The van der Waals surface area contributed by atoms with Crippen molar-refractivity contribution >= 4 is 22.9 Å². The standard InChI is InChI=1S/C25H31N3O2/c1-4-18(2)15-24(28(3)17-19-9-11-21(29)12-10-19)25(30)26-14-13-20-16-27-23-8-6-5-7-22(20)23/h5-14,16,18,24,27,29H,4,15,17H2,1-3H3,(H,26,30). The molecule has 0 saturated carbocycles. The molecule has 1 amide bonds. The summed E-state index contributed by atoms with van der Waals surface area (Å²) in [6.45, 7) is 4.97. The van der Waals surface area contributed by atoms with E-state index in [9.17, 15) is 9.90 Å². The molecule has 2 atom stereocenters. The summed E-state index contributed by atoms with van der Waals surface area (Å²) in [4.78, 5) is 18.3. The topological polar surface area (TPSA) is 68.4 Å². The van der Waals surface area contributed by atoms with Crippen molar-refractivity contribution < 1.29 is 9.90 Å². The van der Waals surface area contributed by atoms with Crippen LogP contribution in [0.25, 0.3) is 17.0 Å². The second-order valence-electron chi connectivity index (χ2n) is 7.98. The molecular formula is C25H31N3O2. The number of nitrogens with one attached hydrogen (secondary N) is 2. The van der Waals surface area contributed by atoms with Gasteiger partial charge >= 0.3 is 0 Å². The molecule has 158 valence electrons. The lowest BCUT2D eigenvalue weighted by Gasteiger charge is -2.28. The van der Waals surface area contributed by atoms with Crippen molar-refractivity contribution in [2.24, 2.45) is 5.92 Å². The van der Waals surface area contributed by atoms with E-state index in [0.717, 1.165) is 34.9 Å². The summed E-state index contributed by atoms with van der Waals surface area (Å²) < 4.78 is 0. The van der Waals surface area contributed by atoms with Crippen LogP contribution in [0.1, 0.15) is 37.8 Å². The first-order chi connectivity index (χ1) is 14.5. The van der Waals surface area contributed by atoms with Gasteiger partial charge in [-0.05, 0) is 49.2 Å². The van der Waals surface area contributed by atoms with Crippen LogP contribution in [-0.4, -0.2) is 34.0 Å². The second kappa shape index (κ2) is 10.1. The molecule has 0 radical (unpaired) electrons. The van der Waals surface area contributed by atoms with E-state index in [2.05, 4.69) is 35.1 Å². The molecule has 3 aromatic rings. The third-order valence-corrected chi connectivity index (χ3v) is 5.64. The number of likely N-dealkylation sites (N-methyl/N-ethyl adjacent to an activating group) is 1. The zero-order valence-electron chi connectivity index (χ0n) is 17.9. The van der Waals surface area contributed by atoms with E-state index in [-0.39, 0.29) is 17.7 Å². The minimum Gasteiger partial charge on any atom is -0.508 e. The van der Waals surface area contributed by atoms with Gasteiger partial charge in [0.1, 0.15) is 5.75 Å². The average molecular weight is 406 g/mol. The Labute approximate surface area is 178 Å². The molecule has 1 heterocycles. The molecular weight excluding hydrogens is 374 g/mol. The van der Waals surface area contributed by atoms with E-state index >= 15 is 0 Å². The quantitative estimate of drug-likeness (QED) is 0.474. The predicted molar refractivity (Wildman–Crippen MR) is 123 cm³/mol. The molecule has 5 nitrogen and oxygen atoms in total. The fourth-order valence-electron chi connectivity index (χ4n) is 3.58. The second-order valence-corrected chi connectivity index (χ2v) is 7.98. The Morgan fingerprint density at radius 3 is 2.67 bits per heavy atom. The van der Waals surface area contributed by atoms with Gasteiger partial charge in [0.25, 0.3) is 0 Å². The summed E-state index contributed by atoms with van der Waals surface area (Å²) in [6, 6.07) is 15.0. The highest BCUT2D eigenvalue weighted by molar-refractivity contribution is 5.89. The molecule has 2 aromatic carbocycles. The van der Waals surface area contributed by atoms with E-state index in [0.29, 0.717) is 12.5 Å². The summed E-state index contributed by atoms with van der Waals surface area (Å²) in [5, 5.41) is 13.6. The van der Waals surface area contributed by atoms with Crippen LogP contribution in [0.2, 0.25) is 0 Å². The van der Waals surface area contributed by atoms with Gasteiger partial charge in [0.2, 0.25) is 5.91 Å². The maximum absolute atomic E-state index is 13.0. The van der Waals surface area contributed by atoms with Crippen LogP contribution >= 0.6 is 0 Å². The molecule has 0 aliphatic carbocycles. The fourth-order valence-corrected chi connectivity index (χ4v) is 3.58. The van der Waals surface area contributed by atoms with Gasteiger partial charge in [-0.1, -0.05) is 50.6 Å². The smallest absolute Gasteiger partial charge is 0.241 e. The number of fused-ring (bicyclic) bond motifs is 1. The van der Waals surface area contributed by atoms with Gasteiger partial charge in [-0.15, -0.1) is 0 Å². The van der Waals surface area contributed by atoms with Gasteiger partial charge in [-0.3, -0.25) is 9.69 Å². The Morgan fingerprint density at radius 1 is 1.20 bits per heavy atom. The zero-order chi connectivity index (χ0) is 21.5. The van der Waals surface area contributed by atoms with Crippen LogP contribution < -0.4 is 5.32 Å². The Kier molecular flexibility index (Phi) is 7.31. The van der Waals surface area contributed by atoms with E-state index < -0.39 is 0 Å². The number of phenolic OH excluding ortho intramolecular Hbond substituents is 1. The fraction of sp³-hybridized carbons (Fsp3) is 0.320. The van der Waals surface area contributed by atoms with Gasteiger partial charge in [0, 0.05) is 35.4 Å².